The van der Waals surface area contributed by atoms with Crippen molar-refractivity contribution >= 4 is 23.2 Å². The van der Waals surface area contributed by atoms with E-state index in [4.69, 9.17) is 9.72 Å². The fraction of sp³-hybridized carbons (Fsp3) is 0.130. The number of nitrogens with zero attached hydrogens (tertiary/aromatic N) is 3. The Hall–Kier alpha value is -3.40. The van der Waals surface area contributed by atoms with Gasteiger partial charge in [0, 0.05) is 6.21 Å². The fourth-order valence-corrected chi connectivity index (χ4v) is 3.02. The number of ether oxygens (including phenoxy) is 1. The number of imidazole rings is 1. The molecule has 4 heteroatoms. The third-order valence-corrected chi connectivity index (χ3v) is 4.54. The van der Waals surface area contributed by atoms with Gasteiger partial charge in [-0.1, -0.05) is 42.0 Å². The molecule has 0 fully saturated rings. The van der Waals surface area contributed by atoms with E-state index in [9.17, 15) is 0 Å². The molecule has 0 amide bonds. The van der Waals surface area contributed by atoms with Crippen LogP contribution in [0.5, 0.6) is 5.75 Å². The molecule has 0 saturated carbocycles. The van der Waals surface area contributed by atoms with E-state index in [1.807, 2.05) is 48.7 Å². The van der Waals surface area contributed by atoms with Gasteiger partial charge < -0.3 is 9.30 Å². The molecule has 4 nitrogen and oxygen atoms in total. The normalized spacial score (nSPS) is 11.3. The summed E-state index contributed by atoms with van der Waals surface area (Å²) in [5, 5.41) is 0. The summed E-state index contributed by atoms with van der Waals surface area (Å²) in [5.74, 6) is 1.53. The highest BCUT2D eigenvalue weighted by molar-refractivity contribution is 5.84. The molecule has 0 N–H and O–H groups in total. The number of aliphatic imine (C=N–C) groups is 1. The molecule has 0 bridgehead atoms. The monoisotopic (exact) mass is 355 g/mol. The molecule has 0 spiro atoms. The number of para-hydroxylation sites is 2. The van der Waals surface area contributed by atoms with Gasteiger partial charge in [0.15, 0.2) is 0 Å². The lowest BCUT2D eigenvalue weighted by Gasteiger charge is -2.07. The minimum atomic E-state index is 0.701. The van der Waals surface area contributed by atoms with Crippen LogP contribution in [0.3, 0.4) is 0 Å². The van der Waals surface area contributed by atoms with Crippen molar-refractivity contribution in [2.24, 2.45) is 4.99 Å². The summed E-state index contributed by atoms with van der Waals surface area (Å²) in [6.45, 7) is 2.83. The molecule has 27 heavy (non-hydrogen) atoms. The third kappa shape index (κ3) is 3.75. The average Bonchev–Trinajstić information content (AvgIpc) is 3.06. The molecule has 134 valence electrons. The van der Waals surface area contributed by atoms with Crippen LogP contribution in [0.2, 0.25) is 0 Å². The molecule has 4 aromatic rings. The number of hydrogen-bond donors (Lipinski definition) is 0. The smallest absolute Gasteiger partial charge is 0.230 e. The average molecular weight is 355 g/mol. The molecule has 4 rings (SSSR count). The standard InChI is InChI=1S/C23H21N3O/c1-17-7-9-19(10-8-17)16-26-22-6-4-3-5-21(22)25-23(26)24-15-18-11-13-20(27-2)14-12-18/h3-15H,16H2,1-2H3. The van der Waals surface area contributed by atoms with Gasteiger partial charge in [-0.25, -0.2) is 9.98 Å². The third-order valence-electron chi connectivity index (χ3n) is 4.54. The van der Waals surface area contributed by atoms with Crippen molar-refractivity contribution in [1.82, 2.24) is 9.55 Å². The largest absolute Gasteiger partial charge is 0.497 e. The van der Waals surface area contributed by atoms with Crippen LogP contribution in [0.4, 0.5) is 5.95 Å². The van der Waals surface area contributed by atoms with E-state index in [0.717, 1.165) is 28.9 Å². The highest BCUT2D eigenvalue weighted by Gasteiger charge is 2.10. The first-order valence-electron chi connectivity index (χ1n) is 8.92. The van der Waals surface area contributed by atoms with Crippen molar-refractivity contribution in [2.45, 2.75) is 13.5 Å². The zero-order valence-corrected chi connectivity index (χ0v) is 15.5. The molecule has 0 aliphatic carbocycles. The van der Waals surface area contributed by atoms with Gasteiger partial charge >= 0.3 is 0 Å². The lowest BCUT2D eigenvalue weighted by molar-refractivity contribution is 0.415. The van der Waals surface area contributed by atoms with Gasteiger partial charge in [0.25, 0.3) is 0 Å². The highest BCUT2D eigenvalue weighted by Crippen LogP contribution is 2.23. The van der Waals surface area contributed by atoms with Crippen molar-refractivity contribution in [3.63, 3.8) is 0 Å². The van der Waals surface area contributed by atoms with E-state index in [-0.39, 0.29) is 0 Å². The van der Waals surface area contributed by atoms with Crippen molar-refractivity contribution in [1.29, 1.82) is 0 Å². The highest BCUT2D eigenvalue weighted by atomic mass is 16.5. The molecule has 1 aromatic heterocycles. The summed E-state index contributed by atoms with van der Waals surface area (Å²) in [5.41, 5.74) is 5.52. The molecule has 0 saturated heterocycles. The molecule has 0 aliphatic rings. The van der Waals surface area contributed by atoms with Gasteiger partial charge in [0.1, 0.15) is 5.75 Å². The quantitative estimate of drug-likeness (QED) is 0.464. The molecule has 0 aliphatic heterocycles. The number of fused-ring (bicyclic) bond motifs is 1. The summed E-state index contributed by atoms with van der Waals surface area (Å²) in [6, 6.07) is 24.5. The number of benzene rings is 3. The van der Waals surface area contributed by atoms with Gasteiger partial charge in [0.2, 0.25) is 5.95 Å². The summed E-state index contributed by atoms with van der Waals surface area (Å²) >= 11 is 0. The number of hydrogen-bond acceptors (Lipinski definition) is 3. The maximum Gasteiger partial charge on any atom is 0.230 e. The topological polar surface area (TPSA) is 39.4 Å². The number of methoxy groups -OCH3 is 1. The van der Waals surface area contributed by atoms with Crippen molar-refractivity contribution in [2.75, 3.05) is 7.11 Å². The maximum absolute atomic E-state index is 5.20. The zero-order chi connectivity index (χ0) is 18.6. The van der Waals surface area contributed by atoms with Crippen molar-refractivity contribution < 1.29 is 4.74 Å². The lowest BCUT2D eigenvalue weighted by atomic mass is 10.1. The number of aryl methyl sites for hydroxylation is 1. The molecule has 0 atom stereocenters. The number of rotatable bonds is 5. The Morgan fingerprint density at radius 2 is 1.70 bits per heavy atom. The Bertz CT molecular complexity index is 1080. The second-order valence-electron chi connectivity index (χ2n) is 6.50. The van der Waals surface area contributed by atoms with E-state index < -0.39 is 0 Å². The maximum atomic E-state index is 5.20. The lowest BCUT2D eigenvalue weighted by Crippen LogP contribution is -1.99. The van der Waals surface area contributed by atoms with Crippen LogP contribution in [0.1, 0.15) is 16.7 Å². The summed E-state index contributed by atoms with van der Waals surface area (Å²) in [7, 11) is 1.66. The minimum absolute atomic E-state index is 0.701. The predicted octanol–water partition coefficient (Wildman–Crippen LogP) is 5.15. The molecular formula is C23H21N3O. The summed E-state index contributed by atoms with van der Waals surface area (Å²) in [4.78, 5) is 9.38. The van der Waals surface area contributed by atoms with Gasteiger partial charge in [-0.3, -0.25) is 0 Å². The van der Waals surface area contributed by atoms with Gasteiger partial charge in [0.05, 0.1) is 24.7 Å². The Kier molecular flexibility index (Phi) is 4.71. The Morgan fingerprint density at radius 3 is 2.44 bits per heavy atom. The van der Waals surface area contributed by atoms with Crippen LogP contribution >= 0.6 is 0 Å². The van der Waals surface area contributed by atoms with Crippen LogP contribution < -0.4 is 4.74 Å². The van der Waals surface area contributed by atoms with Crippen LogP contribution in [0.15, 0.2) is 77.8 Å². The fourth-order valence-electron chi connectivity index (χ4n) is 3.02. The van der Waals surface area contributed by atoms with E-state index >= 15 is 0 Å². The van der Waals surface area contributed by atoms with Crippen molar-refractivity contribution in [3.05, 3.63) is 89.5 Å². The first-order chi connectivity index (χ1) is 13.2. The Labute approximate surface area is 158 Å². The second kappa shape index (κ2) is 7.46. The van der Waals surface area contributed by atoms with Crippen LogP contribution in [0.25, 0.3) is 11.0 Å². The molecule has 0 radical (unpaired) electrons. The SMILES string of the molecule is COc1ccc(C=Nc2nc3ccccc3n2Cc2ccc(C)cc2)cc1. The van der Waals surface area contributed by atoms with Crippen LogP contribution in [-0.2, 0) is 6.54 Å². The van der Waals surface area contributed by atoms with Gasteiger partial charge in [-0.2, -0.15) is 0 Å². The van der Waals surface area contributed by atoms with Gasteiger partial charge in [-0.05, 0) is 54.4 Å². The molecular weight excluding hydrogens is 334 g/mol. The summed E-state index contributed by atoms with van der Waals surface area (Å²) in [6.07, 6.45) is 1.84. The Balaban J connectivity index is 1.70. The Morgan fingerprint density at radius 1 is 0.963 bits per heavy atom. The first-order valence-corrected chi connectivity index (χ1v) is 8.92. The van der Waals surface area contributed by atoms with E-state index in [1.165, 1.54) is 11.1 Å². The molecule has 0 unspecified atom stereocenters. The van der Waals surface area contributed by atoms with Gasteiger partial charge in [-0.15, -0.1) is 0 Å². The zero-order valence-electron chi connectivity index (χ0n) is 15.5. The first kappa shape index (κ1) is 17.0. The summed E-state index contributed by atoms with van der Waals surface area (Å²) < 4.78 is 7.36. The van der Waals surface area contributed by atoms with Crippen molar-refractivity contribution in [3.8, 4) is 5.75 Å². The minimum Gasteiger partial charge on any atom is -0.497 e. The van der Waals surface area contributed by atoms with E-state index in [0.29, 0.717) is 5.95 Å². The molecule has 1 heterocycles. The second-order valence-corrected chi connectivity index (χ2v) is 6.50. The van der Waals surface area contributed by atoms with Crippen LogP contribution in [0, 0.1) is 6.92 Å². The van der Waals surface area contributed by atoms with E-state index in [1.54, 1.807) is 7.11 Å². The van der Waals surface area contributed by atoms with E-state index in [2.05, 4.69) is 46.8 Å². The molecule has 3 aromatic carbocycles. The predicted molar refractivity (Wildman–Crippen MR) is 110 cm³/mol. The number of aromatic nitrogens is 2. The van der Waals surface area contributed by atoms with Crippen LogP contribution in [-0.4, -0.2) is 22.9 Å².